The van der Waals surface area contributed by atoms with Crippen molar-refractivity contribution in [2.45, 2.75) is 18.4 Å². The van der Waals surface area contributed by atoms with Gasteiger partial charge in [-0.3, -0.25) is 5.10 Å². The van der Waals surface area contributed by atoms with E-state index in [0.29, 0.717) is 17.2 Å². The van der Waals surface area contributed by atoms with Gasteiger partial charge in [-0.25, -0.2) is 13.4 Å². The highest BCUT2D eigenvalue weighted by atomic mass is 35.5. The van der Waals surface area contributed by atoms with Crippen molar-refractivity contribution < 1.29 is 8.42 Å². The molecule has 0 atom stereocenters. The van der Waals surface area contributed by atoms with Gasteiger partial charge in [-0.1, -0.05) is 11.6 Å². The number of hydrogen-bond acceptors (Lipinski definition) is 5. The van der Waals surface area contributed by atoms with Crippen LogP contribution in [0.5, 0.6) is 0 Å². The van der Waals surface area contributed by atoms with Gasteiger partial charge in [0.25, 0.3) is 0 Å². The summed E-state index contributed by atoms with van der Waals surface area (Å²) >= 11 is 5.95. The Balaban J connectivity index is 2.31. The van der Waals surface area contributed by atoms with Crippen LogP contribution in [0.4, 0.5) is 0 Å². The largest absolute Gasteiger partial charge is 0.263 e. The molecule has 0 aliphatic heterocycles. The lowest BCUT2D eigenvalue weighted by atomic mass is 10.2. The molecule has 110 valence electrons. The molecule has 0 saturated carbocycles. The molecular formula is C12H12ClN5O2S. The minimum Gasteiger partial charge on any atom is -0.263 e. The summed E-state index contributed by atoms with van der Waals surface area (Å²) in [7, 11) is -2.37. The zero-order valence-electron chi connectivity index (χ0n) is 11.3. The third-order valence-electron chi connectivity index (χ3n) is 2.76. The molecule has 0 fully saturated rings. The standard InChI is InChI=1S/C12H12ClN5O2S/c1-8-15-12(17-16-8)7-18(2)21(19,20)11-4-3-9(6-14)5-10(11)13/h3-5H,7H2,1-2H3,(H,15,16,17). The summed E-state index contributed by atoms with van der Waals surface area (Å²) in [6, 6.07) is 5.94. The number of aromatic nitrogens is 3. The smallest absolute Gasteiger partial charge is 0.244 e. The predicted octanol–water partition coefficient (Wildman–Crippen LogP) is 1.46. The fourth-order valence-corrected chi connectivity index (χ4v) is 3.33. The highest BCUT2D eigenvalue weighted by Gasteiger charge is 2.25. The van der Waals surface area contributed by atoms with Gasteiger partial charge in [-0.2, -0.15) is 14.7 Å². The summed E-state index contributed by atoms with van der Waals surface area (Å²) in [4.78, 5) is 4.00. The molecule has 0 spiro atoms. The van der Waals surface area contributed by atoms with E-state index in [4.69, 9.17) is 16.9 Å². The van der Waals surface area contributed by atoms with Crippen molar-refractivity contribution in [2.75, 3.05) is 7.05 Å². The van der Waals surface area contributed by atoms with Crippen molar-refractivity contribution in [3.05, 3.63) is 40.4 Å². The predicted molar refractivity (Wildman–Crippen MR) is 75.9 cm³/mol. The quantitative estimate of drug-likeness (QED) is 0.916. The molecule has 0 amide bonds. The zero-order chi connectivity index (χ0) is 15.6. The van der Waals surface area contributed by atoms with Crippen molar-refractivity contribution in [2.24, 2.45) is 0 Å². The van der Waals surface area contributed by atoms with Gasteiger partial charge < -0.3 is 0 Å². The third-order valence-corrected chi connectivity index (χ3v) is 5.04. The Kier molecular flexibility index (Phi) is 4.27. The first-order valence-corrected chi connectivity index (χ1v) is 7.70. The number of halogens is 1. The number of hydrogen-bond donors (Lipinski definition) is 1. The van der Waals surface area contributed by atoms with Gasteiger partial charge in [0, 0.05) is 7.05 Å². The molecular weight excluding hydrogens is 314 g/mol. The average Bonchev–Trinajstić information content (AvgIpc) is 2.83. The molecule has 1 heterocycles. The normalized spacial score (nSPS) is 11.6. The van der Waals surface area contributed by atoms with Gasteiger partial charge >= 0.3 is 0 Å². The van der Waals surface area contributed by atoms with Gasteiger partial charge in [0.1, 0.15) is 10.7 Å². The van der Waals surface area contributed by atoms with Crippen LogP contribution in [-0.2, 0) is 16.6 Å². The van der Waals surface area contributed by atoms with Crippen LogP contribution < -0.4 is 0 Å². The summed E-state index contributed by atoms with van der Waals surface area (Å²) in [5.74, 6) is 0.968. The number of nitrogens with zero attached hydrogens (tertiary/aromatic N) is 4. The first kappa shape index (κ1) is 15.4. The summed E-state index contributed by atoms with van der Waals surface area (Å²) in [5.41, 5.74) is 0.297. The SMILES string of the molecule is Cc1nc(CN(C)S(=O)(=O)c2ccc(C#N)cc2Cl)n[nH]1. The molecule has 0 aliphatic carbocycles. The maximum atomic E-state index is 12.5. The highest BCUT2D eigenvalue weighted by molar-refractivity contribution is 7.89. The molecule has 1 N–H and O–H groups in total. The number of nitriles is 1. The van der Waals surface area contributed by atoms with Crippen molar-refractivity contribution >= 4 is 21.6 Å². The summed E-state index contributed by atoms with van der Waals surface area (Å²) in [6.45, 7) is 1.74. The van der Waals surface area contributed by atoms with E-state index in [-0.39, 0.29) is 16.5 Å². The summed E-state index contributed by atoms with van der Waals surface area (Å²) < 4.78 is 26.0. The van der Waals surface area contributed by atoms with Crippen LogP contribution in [0.25, 0.3) is 0 Å². The van der Waals surface area contributed by atoms with Gasteiger partial charge in [0.2, 0.25) is 10.0 Å². The number of sulfonamides is 1. The van der Waals surface area contributed by atoms with Crippen LogP contribution in [0.3, 0.4) is 0 Å². The van der Waals surface area contributed by atoms with Gasteiger partial charge in [0.05, 0.1) is 23.2 Å². The Labute approximate surface area is 127 Å². The van der Waals surface area contributed by atoms with E-state index < -0.39 is 10.0 Å². The monoisotopic (exact) mass is 325 g/mol. The Bertz CT molecular complexity index is 809. The number of aryl methyl sites for hydroxylation is 1. The zero-order valence-corrected chi connectivity index (χ0v) is 12.9. The molecule has 0 unspecified atom stereocenters. The maximum Gasteiger partial charge on any atom is 0.244 e. The van der Waals surface area contributed by atoms with Gasteiger partial charge in [0.15, 0.2) is 5.82 Å². The molecule has 2 rings (SSSR count). The second kappa shape index (κ2) is 5.81. The van der Waals surface area contributed by atoms with Gasteiger partial charge in [-0.05, 0) is 25.1 Å². The van der Waals surface area contributed by atoms with Crippen LogP contribution in [-0.4, -0.2) is 35.0 Å². The minimum atomic E-state index is -3.79. The molecule has 1 aromatic heterocycles. The Morgan fingerprint density at radius 1 is 1.48 bits per heavy atom. The van der Waals surface area contributed by atoms with E-state index in [9.17, 15) is 8.42 Å². The minimum absolute atomic E-state index is 0.00654. The van der Waals surface area contributed by atoms with Crippen LogP contribution in [0.15, 0.2) is 23.1 Å². The Hall–Kier alpha value is -1.95. The second-order valence-corrected chi connectivity index (χ2v) is 6.78. The van der Waals surface area contributed by atoms with E-state index in [1.807, 2.05) is 6.07 Å². The Morgan fingerprint density at radius 3 is 2.71 bits per heavy atom. The fourth-order valence-electron chi connectivity index (χ4n) is 1.69. The second-order valence-electron chi connectivity index (χ2n) is 4.36. The highest BCUT2D eigenvalue weighted by Crippen LogP contribution is 2.25. The molecule has 0 radical (unpaired) electrons. The van der Waals surface area contributed by atoms with Crippen LogP contribution in [0.2, 0.25) is 5.02 Å². The molecule has 9 heteroatoms. The van der Waals surface area contributed by atoms with Crippen molar-refractivity contribution in [1.29, 1.82) is 5.26 Å². The summed E-state index contributed by atoms with van der Waals surface area (Å²) in [5, 5.41) is 15.3. The van der Waals surface area contributed by atoms with Crippen molar-refractivity contribution in [3.8, 4) is 6.07 Å². The van der Waals surface area contributed by atoms with E-state index in [1.54, 1.807) is 6.92 Å². The fraction of sp³-hybridized carbons (Fsp3) is 0.250. The number of benzene rings is 1. The Morgan fingerprint density at radius 2 is 2.19 bits per heavy atom. The number of aromatic amines is 1. The molecule has 0 aliphatic rings. The lowest BCUT2D eigenvalue weighted by Gasteiger charge is -2.16. The van der Waals surface area contributed by atoms with Crippen LogP contribution in [0, 0.1) is 18.3 Å². The van der Waals surface area contributed by atoms with E-state index in [1.165, 1.54) is 25.2 Å². The van der Waals surface area contributed by atoms with E-state index in [0.717, 1.165) is 4.31 Å². The van der Waals surface area contributed by atoms with Gasteiger partial charge in [-0.15, -0.1) is 0 Å². The topological polar surface area (TPSA) is 103 Å². The van der Waals surface area contributed by atoms with Crippen LogP contribution in [0.1, 0.15) is 17.2 Å². The molecule has 0 bridgehead atoms. The third kappa shape index (κ3) is 3.21. The van der Waals surface area contributed by atoms with Crippen molar-refractivity contribution in [3.63, 3.8) is 0 Å². The van der Waals surface area contributed by atoms with Crippen LogP contribution >= 0.6 is 11.6 Å². The average molecular weight is 326 g/mol. The number of H-pyrrole nitrogens is 1. The molecule has 0 saturated heterocycles. The molecule has 21 heavy (non-hydrogen) atoms. The first-order valence-electron chi connectivity index (χ1n) is 5.88. The van der Waals surface area contributed by atoms with Crippen molar-refractivity contribution in [1.82, 2.24) is 19.5 Å². The lowest BCUT2D eigenvalue weighted by molar-refractivity contribution is 0.457. The maximum absolute atomic E-state index is 12.5. The van der Waals surface area contributed by atoms with E-state index in [2.05, 4.69) is 15.2 Å². The molecule has 7 nitrogen and oxygen atoms in total. The summed E-state index contributed by atoms with van der Waals surface area (Å²) in [6.07, 6.45) is 0. The first-order chi connectivity index (χ1) is 9.84. The lowest BCUT2D eigenvalue weighted by Crippen LogP contribution is -2.27. The number of rotatable bonds is 4. The number of nitrogens with one attached hydrogen (secondary N) is 1. The van der Waals surface area contributed by atoms with E-state index >= 15 is 0 Å². The molecule has 2 aromatic rings. The molecule has 1 aromatic carbocycles.